The van der Waals surface area contributed by atoms with Crippen LogP contribution in [0.15, 0.2) is 72.6 Å². The van der Waals surface area contributed by atoms with Gasteiger partial charge in [-0.3, -0.25) is 58.2 Å². The fourth-order valence-corrected chi connectivity index (χ4v) is 15.6. The highest BCUT2D eigenvalue weighted by Gasteiger charge is 2.47. The zero-order chi connectivity index (χ0) is 195. The number of piperidine rings is 6. The Morgan fingerprint density at radius 1 is 0.333 bits per heavy atom. The number of Topliss-reactive ketones (excluding diaryl/α,β-unsaturated/α-hetero) is 6. The lowest BCUT2D eigenvalue weighted by molar-refractivity contribution is -0.130. The second-order valence-electron chi connectivity index (χ2n) is 32.7. The lowest BCUT2D eigenvalue weighted by atomic mass is 9.79. The van der Waals surface area contributed by atoms with E-state index in [2.05, 4.69) is 9.47 Å². The van der Waals surface area contributed by atoms with Gasteiger partial charge >= 0.3 is 0 Å². The Bertz CT molecular complexity index is 10500. The molecular weight excluding hydrogens is 1780 g/mol. The summed E-state index contributed by atoms with van der Waals surface area (Å²) in [6.07, 6.45) is -53.6. The molecule has 0 amide bonds. The van der Waals surface area contributed by atoms with Crippen molar-refractivity contribution < 1.29 is 234 Å². The van der Waals surface area contributed by atoms with Gasteiger partial charge in [0.05, 0.1) is 154 Å². The van der Waals surface area contributed by atoms with Crippen LogP contribution in [0.2, 0.25) is 0 Å². The largest absolute Gasteiger partial charge is 0.493 e. The van der Waals surface area contributed by atoms with Crippen LogP contribution < -0.4 is 56.8 Å². The van der Waals surface area contributed by atoms with Gasteiger partial charge in [0.1, 0.15) is 34.7 Å². The molecule has 141 heavy (non-hydrogen) atoms. The van der Waals surface area contributed by atoms with Crippen molar-refractivity contribution in [2.75, 3.05) is 163 Å². The highest BCUT2D eigenvalue weighted by molar-refractivity contribution is 5.86. The Balaban J connectivity index is 0.000000235. The Morgan fingerprint density at radius 3 is 1.11 bits per heavy atom. The fraction of sp³-hybridized carbons (Fsp3) is 0.641. The number of carbonyl (C=O) groups excluding carboxylic acids is 6. The third kappa shape index (κ3) is 25.6. The average molecular weight is 2060 g/mol. The van der Waals surface area contributed by atoms with Crippen LogP contribution in [0, 0.1) is 70.9 Å². The molecule has 6 aromatic rings. The SMILES string of the molecule is [2H]C([2H])([2H])Oc1cc2c(cc1OC([2H])([2H])[2H])C1([2H])N(CC([2H])(CC(C)C)C(=O)C1([2H])[2H])C([2H])([2H])C2([2H])[2H].[2H]c1c(OC([2H])([2H])[2H])c(OC([2H])([2H])[2H])c([2H])c2c1C([2H])([2H])C([2H])([2H])N1CC([2H])(C([2H])([2H])C([2H])(C([2H])([2H])[2H])C([2H])([2H])C)C(=O)C([2H])([2H])C21[2H].[2H]c1c(OC([2H])([2H])[2H])c(OC([2H])([2H])[2H])c([2H])c2c1C1([2H])CC(=O)C(C([2H])([2H])C([2H])(C([2H])([2H])[2H])C([2H])([2H])C)CN1C([2H])([2H])C2([2H])[2H].[2H]c1c(OC([2H])([2H])[2H])c(OC([2H])([2H])[2H])c([2H])c2c1C1([2H])CC(=O)C(CC(C)C)C([2H])([2H])N1C([2H])([2H])C2([2H])[2H].[2H]c1c(OC([2H])([2H])[2H])c(OC([2H])([2H])[2H])c([2H])c2c1C1([2H])CC(=O)C(CC(C)C)CN1C([2H])([2H])C2([2H])[2H].[2H]c1c2c(c([2H])c(OC([2H])([2H])[2H])c1OC([2H])([2H])[2H])C1N(CC2)C([2H])([2H])C([2H])(C([2H])([2H])C([2H])(C([2H])([2H])[2H])C([2H])([2H])C)C(=O)C1([2H])[2H]. The number of ketones is 6. The third-order valence-electron chi connectivity index (χ3n) is 22.2. The number of methoxy groups -OCH3 is 12. The topological polar surface area (TPSA) is 233 Å². The summed E-state index contributed by atoms with van der Waals surface area (Å²) < 4.78 is 939. The number of ether oxygens (including phenoxy) is 12. The van der Waals surface area contributed by atoms with Crippen molar-refractivity contribution >= 4 is 34.7 Å². The minimum atomic E-state index is -4.30. The van der Waals surface area contributed by atoms with Crippen molar-refractivity contribution in [3.05, 3.63) is 139 Å². The first-order valence-electron chi connectivity index (χ1n) is 96.4. The van der Waals surface area contributed by atoms with Crippen molar-refractivity contribution in [1.82, 2.24) is 29.4 Å². The number of aryl methyl sites for hydroxylation is 1. The summed E-state index contributed by atoms with van der Waals surface area (Å²) in [5, 5.41) is 0. The molecule has 18 rings (SSSR count). The van der Waals surface area contributed by atoms with Crippen LogP contribution in [0.25, 0.3) is 0 Å². The zero-order valence-corrected chi connectivity index (χ0v) is 76.2. The molecule has 0 N–H and O–H groups in total. The second kappa shape index (κ2) is 50.0. The Hall–Kier alpha value is -9.30. The van der Waals surface area contributed by atoms with Crippen molar-refractivity contribution in [3.8, 4) is 69.0 Å². The highest BCUT2D eigenvalue weighted by Crippen LogP contribution is 2.51. The molecule has 774 valence electrons. The monoisotopic (exact) mass is 2050 g/mol. The van der Waals surface area contributed by atoms with Gasteiger partial charge in [-0.05, 0) is 251 Å². The average Bonchev–Trinajstić information content (AvgIpc) is 0.639. The molecule has 12 heterocycles. The number of fused-ring (bicyclic) bond motifs is 18. The molecule has 0 radical (unpaired) electrons. The van der Waals surface area contributed by atoms with Gasteiger partial charge in [0.15, 0.2) is 69.0 Å². The van der Waals surface area contributed by atoms with Crippen molar-refractivity contribution in [2.45, 2.75) is 253 Å². The van der Waals surface area contributed by atoms with Gasteiger partial charge in [0.25, 0.3) is 0 Å². The summed E-state index contributed by atoms with van der Waals surface area (Å²) in [7, 11) is -40.2. The number of benzene rings is 6. The molecule has 24 heteroatoms. The normalized spacial score (nSPS) is 48.0. The lowest BCUT2D eigenvalue weighted by Gasteiger charge is -2.43. The van der Waals surface area contributed by atoms with Gasteiger partial charge in [-0.15, -0.1) is 0 Å². The Labute approximate surface area is 994 Å². The van der Waals surface area contributed by atoms with Crippen molar-refractivity contribution in [2.24, 2.45) is 70.9 Å². The van der Waals surface area contributed by atoms with Crippen LogP contribution in [0.4, 0.5) is 0 Å². The van der Waals surface area contributed by atoms with Crippen LogP contribution in [0.5, 0.6) is 69.0 Å². The molecule has 24 nitrogen and oxygen atoms in total. The van der Waals surface area contributed by atoms with Gasteiger partial charge in [0.2, 0.25) is 0 Å². The first kappa shape index (κ1) is 35.5. The van der Waals surface area contributed by atoms with E-state index < -0.39 is 606 Å². The quantitative estimate of drug-likeness (QED) is 0.0466. The molecule has 15 unspecified atom stereocenters. The van der Waals surface area contributed by atoms with Gasteiger partial charge in [-0.1, -0.05) is 102 Å². The molecule has 12 aliphatic heterocycles. The summed E-state index contributed by atoms with van der Waals surface area (Å²) in [5.74, 6) is -49.6. The molecule has 15 atom stereocenters. The molecule has 0 aliphatic carbocycles. The van der Waals surface area contributed by atoms with Gasteiger partial charge in [-0.2, -0.15) is 0 Å². The Kier molecular flexibility index (Phi) is 12.6. The smallest absolute Gasteiger partial charge is 0.161 e. The van der Waals surface area contributed by atoms with E-state index in [1.165, 1.54) is 0 Å². The summed E-state index contributed by atoms with van der Waals surface area (Å²) in [4.78, 5) is 83.2. The summed E-state index contributed by atoms with van der Waals surface area (Å²) in [6.45, 7) is -28.6. The maximum Gasteiger partial charge on any atom is 0.161 e. The van der Waals surface area contributed by atoms with E-state index in [4.69, 9.17) is 191 Å². The minimum Gasteiger partial charge on any atom is -0.493 e. The molecule has 0 saturated carbocycles. The summed E-state index contributed by atoms with van der Waals surface area (Å²) in [5.41, 5.74) is -11.0. The molecular formula is C117H168N6O18. The maximum absolute atomic E-state index is 14.0. The van der Waals surface area contributed by atoms with Crippen LogP contribution in [0.1, 0.15) is 430 Å². The fourth-order valence-electron chi connectivity index (χ4n) is 15.6. The van der Waals surface area contributed by atoms with Gasteiger partial charge in [0, 0.05) is 266 Å². The number of carbonyl (C=O) groups is 6. The van der Waals surface area contributed by atoms with Crippen LogP contribution in [0.3, 0.4) is 0 Å². The second-order valence-corrected chi connectivity index (χ2v) is 32.7. The first-order valence-corrected chi connectivity index (χ1v) is 42.4. The van der Waals surface area contributed by atoms with Gasteiger partial charge in [-0.25, -0.2) is 0 Å². The maximum atomic E-state index is 14.0. The molecule has 0 aromatic heterocycles. The summed E-state index contributed by atoms with van der Waals surface area (Å²) >= 11 is 0. The van der Waals surface area contributed by atoms with Crippen LogP contribution in [-0.2, 0) is 67.1 Å². The van der Waals surface area contributed by atoms with Crippen molar-refractivity contribution in [1.29, 1.82) is 0 Å². The van der Waals surface area contributed by atoms with E-state index in [9.17, 15) is 32.9 Å². The molecule has 0 spiro atoms. The van der Waals surface area contributed by atoms with E-state index in [1.807, 2.05) is 13.8 Å². The molecule has 0 bridgehead atoms. The number of hydrogen-bond donors (Lipinski definition) is 0. The molecule has 6 saturated heterocycles. The lowest BCUT2D eigenvalue weighted by Crippen LogP contribution is -2.46. The van der Waals surface area contributed by atoms with E-state index in [-0.39, 0.29) is 57.4 Å². The number of hydrogen-bond acceptors (Lipinski definition) is 24. The number of rotatable bonds is 27. The molecule has 6 aromatic carbocycles. The third-order valence-corrected chi connectivity index (χ3v) is 22.2. The minimum absolute atomic E-state index is 0.0438. The predicted octanol–water partition coefficient (Wildman–Crippen LogP) is 20.6. The van der Waals surface area contributed by atoms with Gasteiger partial charge < -0.3 is 56.8 Å². The van der Waals surface area contributed by atoms with Crippen LogP contribution >= 0.6 is 0 Å². The van der Waals surface area contributed by atoms with E-state index in [0.717, 1.165) is 4.90 Å². The predicted molar refractivity (Wildman–Crippen MR) is 555 cm³/mol. The standard InChI is InChI=1S/3C20H29NO3.3C19H27NO3/c3*1-5-13(2)8-15-12-21-7-6-14-9-19(23-3)20(24-4)10-16(14)17(21)11-18(15)22;3*1-12(2)7-14-11-20-6-5-13-8-18(22-3)19(23-4)9-15(13)16(20)10-17(14)21/h3*9-10,13,15,17H,5-8,11-12H2,1-4H3;3*8-9,12,14,16H,5-7,10-11H2,1-4H3/i2D3,3D3,4D3,5D2,6D2,7D2,8D2,9D,10D,11D2,13D,15D,17D;2D3,3D3,4D3,5D2,8D2,9D,10D,11D2,12D2,13D,15D;2D3,3D3,4D3,5D2,6D2,7D2,8D2,9D,10D,13D,17D;3D3,4D3,5D2,6D2,8D,9D,11D2,16D;3D3,4D3,5D2,6D2,10D2,14D,16D;3D3,4D3,5D2,6D2,8D,9D,16D. The van der Waals surface area contributed by atoms with E-state index >= 15 is 0 Å². The van der Waals surface area contributed by atoms with Crippen molar-refractivity contribution in [3.63, 3.8) is 0 Å². The summed E-state index contributed by atoms with van der Waals surface area (Å²) in [6, 6.07) is -28.1. The van der Waals surface area contributed by atoms with E-state index in [0.29, 0.717) is 49.1 Å². The number of nitrogens with zero attached hydrogens (tertiary/aromatic N) is 6. The molecule has 12 aliphatic rings. The van der Waals surface area contributed by atoms with E-state index in [1.54, 1.807) is 27.7 Å². The first-order chi connectivity index (χ1) is 109. The highest BCUT2D eigenvalue weighted by atomic mass is 16.5. The van der Waals surface area contributed by atoms with Crippen LogP contribution in [-0.4, -0.2) is 227 Å². The Morgan fingerprint density at radius 2 is 0.667 bits per heavy atom. The zero-order valence-electron chi connectivity index (χ0n) is 184. The molecule has 6 fully saturated rings.